The molecule has 8 nitrogen and oxygen atoms in total. The molecule has 148 valence electrons. The fourth-order valence-electron chi connectivity index (χ4n) is 3.46. The van der Waals surface area contributed by atoms with Crippen LogP contribution in [0.15, 0.2) is 60.4 Å². The lowest BCUT2D eigenvalue weighted by Gasteiger charge is -2.15. The predicted molar refractivity (Wildman–Crippen MR) is 108 cm³/mol. The van der Waals surface area contributed by atoms with E-state index >= 15 is 0 Å². The van der Waals surface area contributed by atoms with E-state index in [1.165, 1.54) is 0 Å². The van der Waals surface area contributed by atoms with Crippen molar-refractivity contribution in [2.24, 2.45) is 0 Å². The van der Waals surface area contributed by atoms with E-state index < -0.39 is 0 Å². The van der Waals surface area contributed by atoms with Gasteiger partial charge >= 0.3 is 0 Å². The topological polar surface area (TPSA) is 80.3 Å². The number of nitrogens with zero attached hydrogens (tertiary/aromatic N) is 6. The number of rotatable bonds is 7. The van der Waals surface area contributed by atoms with Crippen LogP contribution in [-0.2, 0) is 13.1 Å². The summed E-state index contributed by atoms with van der Waals surface area (Å²) in [5.74, 6) is 0.862. The fraction of sp³-hybridized carbons (Fsp3) is 0.238. The number of imidazole rings is 1. The number of aromatic nitrogens is 4. The maximum atomic E-state index is 12.7. The monoisotopic (exact) mass is 390 g/mol. The molecule has 0 saturated heterocycles. The van der Waals surface area contributed by atoms with Gasteiger partial charge in [0.05, 0.1) is 30.0 Å². The second-order valence-corrected chi connectivity index (χ2v) is 6.88. The third-order valence-electron chi connectivity index (χ3n) is 4.80. The first-order chi connectivity index (χ1) is 14.1. The van der Waals surface area contributed by atoms with Gasteiger partial charge in [-0.05, 0) is 12.1 Å². The largest absolute Gasteiger partial charge is 0.336 e. The van der Waals surface area contributed by atoms with Gasteiger partial charge in [-0.2, -0.15) is 4.98 Å². The number of hydrogen-bond donors (Lipinski definition) is 0. The third-order valence-corrected chi connectivity index (χ3v) is 4.80. The Hall–Kier alpha value is -3.52. The van der Waals surface area contributed by atoms with Gasteiger partial charge in [0.1, 0.15) is 6.33 Å². The summed E-state index contributed by atoms with van der Waals surface area (Å²) >= 11 is 0. The molecule has 0 bridgehead atoms. The van der Waals surface area contributed by atoms with Gasteiger partial charge in [-0.1, -0.05) is 29.4 Å². The smallest absolute Gasteiger partial charge is 0.278 e. The normalized spacial score (nSPS) is 13.2. The van der Waals surface area contributed by atoms with Crippen molar-refractivity contribution < 1.29 is 9.32 Å². The van der Waals surface area contributed by atoms with Crippen LogP contribution in [0.5, 0.6) is 0 Å². The average molecular weight is 390 g/mol. The van der Waals surface area contributed by atoms with Crippen LogP contribution in [0, 0.1) is 0 Å². The summed E-state index contributed by atoms with van der Waals surface area (Å²) in [5, 5.41) is 4.10. The van der Waals surface area contributed by atoms with Crippen LogP contribution in [0.2, 0.25) is 0 Å². The quantitative estimate of drug-likeness (QED) is 0.577. The highest BCUT2D eigenvalue weighted by atomic mass is 16.5. The predicted octanol–water partition coefficient (Wildman–Crippen LogP) is 2.68. The van der Waals surface area contributed by atoms with Crippen LogP contribution < -0.4 is 0 Å². The minimum atomic E-state index is -0.0361. The second-order valence-electron chi connectivity index (χ2n) is 6.88. The van der Waals surface area contributed by atoms with E-state index in [0.29, 0.717) is 49.2 Å². The van der Waals surface area contributed by atoms with E-state index in [9.17, 15) is 4.79 Å². The molecule has 2 aromatic heterocycles. The zero-order valence-corrected chi connectivity index (χ0v) is 16.3. The molecule has 3 heterocycles. The number of carbonyl (C=O) groups is 1. The first-order valence-electron chi connectivity index (χ1n) is 9.30. The maximum absolute atomic E-state index is 12.7. The van der Waals surface area contributed by atoms with Crippen molar-refractivity contribution in [1.29, 1.82) is 0 Å². The van der Waals surface area contributed by atoms with Gasteiger partial charge in [-0.3, -0.25) is 14.3 Å². The van der Waals surface area contributed by atoms with Crippen molar-refractivity contribution in [2.45, 2.75) is 13.1 Å². The standard InChI is InChI=1S/C21H22N6O2/c1-4-10-26(11-5-2)13-18-23-20(29-24-18)19-17-12-25(3)21(28)15-8-6-7-9-16(15)27(17)14-22-19/h4-9,14H,1-2,10-13H2,3H3. The molecule has 1 aromatic carbocycles. The molecule has 4 rings (SSSR count). The molecule has 0 spiro atoms. The molecule has 0 fully saturated rings. The summed E-state index contributed by atoms with van der Waals surface area (Å²) in [4.78, 5) is 25.5. The molecule has 8 heteroatoms. The zero-order valence-electron chi connectivity index (χ0n) is 16.3. The Morgan fingerprint density at radius 2 is 2.00 bits per heavy atom. The number of para-hydroxylation sites is 1. The first-order valence-corrected chi connectivity index (χ1v) is 9.30. The Kier molecular flexibility index (Phi) is 5.09. The van der Waals surface area contributed by atoms with Crippen LogP contribution in [0.1, 0.15) is 21.9 Å². The van der Waals surface area contributed by atoms with Crippen LogP contribution in [0.4, 0.5) is 0 Å². The van der Waals surface area contributed by atoms with Crippen molar-refractivity contribution >= 4 is 5.91 Å². The molecule has 0 radical (unpaired) electrons. The van der Waals surface area contributed by atoms with Gasteiger partial charge in [-0.25, -0.2) is 4.98 Å². The Labute approximate surface area is 168 Å². The molecule has 1 aliphatic rings. The molecule has 0 N–H and O–H groups in total. The summed E-state index contributed by atoms with van der Waals surface area (Å²) in [7, 11) is 1.77. The van der Waals surface area contributed by atoms with E-state index in [0.717, 1.165) is 11.4 Å². The molecule has 0 unspecified atom stereocenters. The molecule has 29 heavy (non-hydrogen) atoms. The first kappa shape index (κ1) is 18.8. The lowest BCUT2D eigenvalue weighted by Crippen LogP contribution is -2.25. The number of fused-ring (bicyclic) bond motifs is 3. The number of benzene rings is 1. The minimum absolute atomic E-state index is 0.0361. The van der Waals surface area contributed by atoms with Crippen molar-refractivity contribution in [1.82, 2.24) is 29.5 Å². The Balaban J connectivity index is 1.69. The van der Waals surface area contributed by atoms with E-state index in [1.54, 1.807) is 18.3 Å². The molecule has 1 amide bonds. The van der Waals surface area contributed by atoms with Crippen LogP contribution in [-0.4, -0.2) is 55.5 Å². The maximum Gasteiger partial charge on any atom is 0.278 e. The molecule has 0 aliphatic carbocycles. The Morgan fingerprint density at radius 1 is 1.24 bits per heavy atom. The van der Waals surface area contributed by atoms with E-state index in [-0.39, 0.29) is 5.91 Å². The van der Waals surface area contributed by atoms with Crippen molar-refractivity contribution in [2.75, 3.05) is 20.1 Å². The molecule has 1 aliphatic heterocycles. The summed E-state index contributed by atoms with van der Waals surface area (Å²) < 4.78 is 7.42. The summed E-state index contributed by atoms with van der Waals surface area (Å²) in [5.41, 5.74) is 2.83. The Morgan fingerprint density at radius 3 is 2.76 bits per heavy atom. The van der Waals surface area contributed by atoms with Crippen LogP contribution in [0.25, 0.3) is 17.3 Å². The van der Waals surface area contributed by atoms with Crippen molar-refractivity contribution in [3.05, 3.63) is 73.0 Å². The number of carbonyl (C=O) groups excluding carboxylic acids is 1. The highest BCUT2D eigenvalue weighted by molar-refractivity contribution is 5.98. The molecule has 0 atom stereocenters. The highest BCUT2D eigenvalue weighted by Gasteiger charge is 2.28. The van der Waals surface area contributed by atoms with Crippen molar-refractivity contribution in [3.8, 4) is 17.3 Å². The van der Waals surface area contributed by atoms with E-state index in [2.05, 4.69) is 33.2 Å². The third kappa shape index (κ3) is 3.50. The van der Waals surface area contributed by atoms with E-state index in [1.807, 2.05) is 41.0 Å². The van der Waals surface area contributed by atoms with E-state index in [4.69, 9.17) is 4.52 Å². The molecular formula is C21H22N6O2. The lowest BCUT2D eigenvalue weighted by molar-refractivity contribution is 0.0788. The number of hydrogen-bond acceptors (Lipinski definition) is 6. The zero-order chi connectivity index (χ0) is 20.4. The fourth-order valence-corrected chi connectivity index (χ4v) is 3.46. The van der Waals surface area contributed by atoms with Gasteiger partial charge in [-0.15, -0.1) is 13.2 Å². The van der Waals surface area contributed by atoms with Gasteiger partial charge in [0.25, 0.3) is 11.8 Å². The Bertz CT molecular complexity index is 1060. The van der Waals surface area contributed by atoms with Gasteiger partial charge < -0.3 is 9.42 Å². The van der Waals surface area contributed by atoms with Gasteiger partial charge in [0, 0.05) is 20.1 Å². The summed E-state index contributed by atoms with van der Waals surface area (Å²) in [6.45, 7) is 9.84. The molecule has 3 aromatic rings. The van der Waals surface area contributed by atoms with Crippen LogP contribution >= 0.6 is 0 Å². The second kappa shape index (κ2) is 7.84. The average Bonchev–Trinajstić information content (AvgIpc) is 3.32. The van der Waals surface area contributed by atoms with Crippen molar-refractivity contribution in [3.63, 3.8) is 0 Å². The SMILES string of the molecule is C=CCN(CC=C)Cc1noc(-c2ncn3c2CN(C)C(=O)c2ccccc2-3)n1. The molecule has 0 saturated carbocycles. The lowest BCUT2D eigenvalue weighted by atomic mass is 10.1. The summed E-state index contributed by atoms with van der Waals surface area (Å²) in [6.07, 6.45) is 5.34. The minimum Gasteiger partial charge on any atom is -0.336 e. The highest BCUT2D eigenvalue weighted by Crippen LogP contribution is 2.29. The summed E-state index contributed by atoms with van der Waals surface area (Å²) in [6, 6.07) is 7.49. The molecular weight excluding hydrogens is 368 g/mol. The number of amides is 1. The van der Waals surface area contributed by atoms with Gasteiger partial charge in [0.15, 0.2) is 11.5 Å². The van der Waals surface area contributed by atoms with Crippen LogP contribution in [0.3, 0.4) is 0 Å². The van der Waals surface area contributed by atoms with Gasteiger partial charge in [0.2, 0.25) is 0 Å².